The monoisotopic (exact) mass is 273 g/mol. The van der Waals surface area contributed by atoms with E-state index >= 15 is 0 Å². The lowest BCUT2D eigenvalue weighted by molar-refractivity contribution is -0.124. The molecule has 112 valence electrons. The van der Waals surface area contributed by atoms with Gasteiger partial charge in [-0.15, -0.1) is 0 Å². The van der Waals surface area contributed by atoms with Crippen LogP contribution in [0.5, 0.6) is 0 Å². The molecule has 0 aliphatic carbocycles. The summed E-state index contributed by atoms with van der Waals surface area (Å²) in [7, 11) is 0. The van der Waals surface area contributed by atoms with E-state index in [1.165, 1.54) is 0 Å². The Morgan fingerprint density at radius 3 is 1.95 bits per heavy atom. The van der Waals surface area contributed by atoms with E-state index in [2.05, 4.69) is 10.6 Å². The number of carbonyl (C=O) groups is 2. The van der Waals surface area contributed by atoms with Crippen LogP contribution in [-0.2, 0) is 4.79 Å². The molecule has 2 unspecified atom stereocenters. The fraction of sp³-hybridized carbons (Fsp3) is 0.846. The molecular formula is C13H27N3O3. The van der Waals surface area contributed by atoms with Crippen molar-refractivity contribution in [3.63, 3.8) is 0 Å². The fourth-order valence-corrected chi connectivity index (χ4v) is 1.92. The first-order valence-electron chi connectivity index (χ1n) is 6.73. The van der Waals surface area contributed by atoms with Crippen molar-refractivity contribution in [3.05, 3.63) is 0 Å². The van der Waals surface area contributed by atoms with E-state index < -0.39 is 12.1 Å². The number of urea groups is 1. The lowest BCUT2D eigenvalue weighted by atomic mass is 10.0. The quantitative estimate of drug-likeness (QED) is 0.520. The zero-order valence-corrected chi connectivity index (χ0v) is 12.3. The highest BCUT2D eigenvalue weighted by Gasteiger charge is 2.23. The number of rotatable bonds is 8. The number of amides is 3. The van der Waals surface area contributed by atoms with Crippen molar-refractivity contribution < 1.29 is 14.7 Å². The molecule has 19 heavy (non-hydrogen) atoms. The molecule has 0 aliphatic rings. The number of nitrogens with one attached hydrogen (secondary N) is 2. The van der Waals surface area contributed by atoms with E-state index in [0.717, 1.165) is 0 Å². The largest absolute Gasteiger partial charge is 0.394 e. The third kappa shape index (κ3) is 8.42. The summed E-state index contributed by atoms with van der Waals surface area (Å²) in [6, 6.07) is -1.67. The van der Waals surface area contributed by atoms with Crippen LogP contribution in [0.25, 0.3) is 0 Å². The zero-order chi connectivity index (χ0) is 15.0. The highest BCUT2D eigenvalue weighted by molar-refractivity contribution is 5.86. The third-order valence-corrected chi connectivity index (χ3v) is 2.66. The van der Waals surface area contributed by atoms with E-state index in [-0.39, 0.29) is 24.5 Å². The predicted octanol–water partition coefficient (Wildman–Crippen LogP) is 0.593. The van der Waals surface area contributed by atoms with Crippen LogP contribution in [0.15, 0.2) is 0 Å². The summed E-state index contributed by atoms with van der Waals surface area (Å²) in [4.78, 5) is 23.0. The average molecular weight is 273 g/mol. The van der Waals surface area contributed by atoms with Crippen molar-refractivity contribution in [2.45, 2.75) is 52.6 Å². The molecule has 0 heterocycles. The molecular weight excluding hydrogens is 246 g/mol. The predicted molar refractivity (Wildman–Crippen MR) is 74.4 cm³/mol. The second-order valence-corrected chi connectivity index (χ2v) is 5.71. The van der Waals surface area contributed by atoms with Gasteiger partial charge in [0.15, 0.2) is 0 Å². The van der Waals surface area contributed by atoms with Gasteiger partial charge in [-0.05, 0) is 24.7 Å². The number of aliphatic hydroxyl groups is 1. The van der Waals surface area contributed by atoms with Gasteiger partial charge in [-0.3, -0.25) is 4.79 Å². The molecule has 6 heteroatoms. The van der Waals surface area contributed by atoms with Crippen molar-refractivity contribution in [2.75, 3.05) is 6.61 Å². The van der Waals surface area contributed by atoms with Crippen LogP contribution in [0.3, 0.4) is 0 Å². The first kappa shape index (κ1) is 17.7. The van der Waals surface area contributed by atoms with Crippen LogP contribution in [0.1, 0.15) is 40.5 Å². The van der Waals surface area contributed by atoms with Gasteiger partial charge in [0, 0.05) is 0 Å². The van der Waals surface area contributed by atoms with Gasteiger partial charge in [-0.25, -0.2) is 4.79 Å². The molecule has 3 amide bonds. The van der Waals surface area contributed by atoms with Crippen molar-refractivity contribution in [1.29, 1.82) is 0 Å². The van der Waals surface area contributed by atoms with Gasteiger partial charge in [0.1, 0.15) is 6.04 Å². The van der Waals surface area contributed by atoms with Gasteiger partial charge in [0.05, 0.1) is 12.6 Å². The molecule has 5 N–H and O–H groups in total. The van der Waals surface area contributed by atoms with E-state index in [9.17, 15) is 14.7 Å². The summed E-state index contributed by atoms with van der Waals surface area (Å²) in [6.07, 6.45) is 1.20. The standard InChI is InChI=1S/C13H27N3O3/c1-8(2)5-10(7-17)15-12(18)11(6-9(3)4)16-13(14)19/h8-11,17H,5-7H2,1-4H3,(H,15,18)(H3,14,16,19). The SMILES string of the molecule is CC(C)CC(CO)NC(=O)C(CC(C)C)NC(N)=O. The Labute approximate surface area is 115 Å². The van der Waals surface area contributed by atoms with Crippen LogP contribution >= 0.6 is 0 Å². The Bertz CT molecular complexity index is 293. The molecule has 2 atom stereocenters. The summed E-state index contributed by atoms with van der Waals surface area (Å²) in [5, 5.41) is 14.4. The number of nitrogens with two attached hydrogens (primary N) is 1. The van der Waals surface area contributed by atoms with E-state index in [1.54, 1.807) is 0 Å². The van der Waals surface area contributed by atoms with Crippen LogP contribution in [0.2, 0.25) is 0 Å². The third-order valence-electron chi connectivity index (χ3n) is 2.66. The number of carbonyl (C=O) groups excluding carboxylic acids is 2. The van der Waals surface area contributed by atoms with Crippen LogP contribution in [0.4, 0.5) is 4.79 Å². The first-order valence-corrected chi connectivity index (χ1v) is 6.73. The number of primary amides is 1. The summed E-state index contributed by atoms with van der Waals surface area (Å²) in [6.45, 7) is 7.83. The lowest BCUT2D eigenvalue weighted by Crippen LogP contribution is -2.52. The first-order chi connectivity index (χ1) is 8.76. The molecule has 0 fully saturated rings. The maximum absolute atomic E-state index is 12.1. The Balaban J connectivity index is 4.55. The van der Waals surface area contributed by atoms with Crippen molar-refractivity contribution >= 4 is 11.9 Å². The lowest BCUT2D eigenvalue weighted by Gasteiger charge is -2.23. The van der Waals surface area contributed by atoms with Crippen molar-refractivity contribution in [2.24, 2.45) is 17.6 Å². The Kier molecular flexibility index (Phi) is 8.14. The average Bonchev–Trinajstić information content (AvgIpc) is 2.25. The van der Waals surface area contributed by atoms with Crippen LogP contribution < -0.4 is 16.4 Å². The molecule has 0 rings (SSSR count). The smallest absolute Gasteiger partial charge is 0.312 e. The second kappa shape index (κ2) is 8.74. The second-order valence-electron chi connectivity index (χ2n) is 5.71. The van der Waals surface area contributed by atoms with Gasteiger partial charge < -0.3 is 21.5 Å². The van der Waals surface area contributed by atoms with Gasteiger partial charge in [0.2, 0.25) is 5.91 Å². The topological polar surface area (TPSA) is 104 Å². The zero-order valence-electron chi connectivity index (χ0n) is 12.3. The Hall–Kier alpha value is -1.30. The molecule has 0 saturated heterocycles. The normalized spacial score (nSPS) is 14.3. The Morgan fingerprint density at radius 1 is 1.05 bits per heavy atom. The van der Waals surface area contributed by atoms with Crippen LogP contribution in [0, 0.1) is 11.8 Å². The van der Waals surface area contributed by atoms with Crippen molar-refractivity contribution in [1.82, 2.24) is 10.6 Å². The number of hydrogen-bond donors (Lipinski definition) is 4. The molecule has 0 aromatic carbocycles. The molecule has 0 radical (unpaired) electrons. The minimum Gasteiger partial charge on any atom is -0.394 e. The maximum atomic E-state index is 12.1. The highest BCUT2D eigenvalue weighted by Crippen LogP contribution is 2.08. The van der Waals surface area contributed by atoms with Gasteiger partial charge >= 0.3 is 6.03 Å². The summed E-state index contributed by atoms with van der Waals surface area (Å²) < 4.78 is 0. The summed E-state index contributed by atoms with van der Waals surface area (Å²) in [5.41, 5.74) is 5.07. The molecule has 0 aromatic heterocycles. The molecule has 0 bridgehead atoms. The minimum atomic E-state index is -0.717. The Morgan fingerprint density at radius 2 is 1.58 bits per heavy atom. The maximum Gasteiger partial charge on any atom is 0.312 e. The minimum absolute atomic E-state index is 0.116. The van der Waals surface area contributed by atoms with Gasteiger partial charge in [-0.2, -0.15) is 0 Å². The van der Waals surface area contributed by atoms with E-state index in [4.69, 9.17) is 5.73 Å². The number of aliphatic hydroxyl groups excluding tert-OH is 1. The molecule has 0 aromatic rings. The molecule has 0 saturated carbocycles. The van der Waals surface area contributed by atoms with Crippen LogP contribution in [-0.4, -0.2) is 35.7 Å². The summed E-state index contributed by atoms with van der Waals surface area (Å²) in [5.74, 6) is 0.317. The van der Waals surface area contributed by atoms with E-state index in [0.29, 0.717) is 18.8 Å². The van der Waals surface area contributed by atoms with E-state index in [1.807, 2.05) is 27.7 Å². The summed E-state index contributed by atoms with van der Waals surface area (Å²) >= 11 is 0. The highest BCUT2D eigenvalue weighted by atomic mass is 16.3. The van der Waals surface area contributed by atoms with Gasteiger partial charge in [0.25, 0.3) is 0 Å². The molecule has 0 aliphatic heterocycles. The number of hydrogen-bond acceptors (Lipinski definition) is 3. The molecule has 0 spiro atoms. The molecule has 6 nitrogen and oxygen atoms in total. The van der Waals surface area contributed by atoms with Gasteiger partial charge in [-0.1, -0.05) is 27.7 Å². The fourth-order valence-electron chi connectivity index (χ4n) is 1.92. The van der Waals surface area contributed by atoms with Crippen molar-refractivity contribution in [3.8, 4) is 0 Å².